The Labute approximate surface area is 161 Å². The molecule has 2 rings (SSSR count). The van der Waals surface area contributed by atoms with Crippen LogP contribution in [-0.4, -0.2) is 77.1 Å². The molecule has 1 atom stereocenters. The first-order valence-corrected chi connectivity index (χ1v) is 9.43. The second kappa shape index (κ2) is 11.1. The number of rotatable bonds is 10. The molecule has 1 fully saturated rings. The lowest BCUT2D eigenvalue weighted by atomic mass is 10.1. The highest BCUT2D eigenvalue weighted by Gasteiger charge is 2.25. The predicted octanol–water partition coefficient (Wildman–Crippen LogP) is 1.95. The number of amides is 1. The lowest BCUT2D eigenvalue weighted by Crippen LogP contribution is -2.44. The Kier molecular flexibility index (Phi) is 8.84. The van der Waals surface area contributed by atoms with E-state index in [1.165, 1.54) is 0 Å². The van der Waals surface area contributed by atoms with Crippen LogP contribution in [-0.2, 0) is 9.47 Å². The van der Waals surface area contributed by atoms with Gasteiger partial charge in [-0.05, 0) is 31.9 Å². The number of hydrogen-bond acceptors (Lipinski definition) is 6. The Bertz CT molecular complexity index is 588. The lowest BCUT2D eigenvalue weighted by Gasteiger charge is -2.36. The van der Waals surface area contributed by atoms with Gasteiger partial charge in [0, 0.05) is 46.0 Å². The van der Waals surface area contributed by atoms with Crippen molar-refractivity contribution in [2.24, 2.45) is 0 Å². The minimum atomic E-state index is -0.171. The van der Waals surface area contributed by atoms with Crippen LogP contribution < -0.4 is 14.8 Å². The summed E-state index contributed by atoms with van der Waals surface area (Å²) in [5.74, 6) is 1.06. The fourth-order valence-corrected chi connectivity index (χ4v) is 3.24. The van der Waals surface area contributed by atoms with Crippen molar-refractivity contribution in [1.29, 1.82) is 0 Å². The van der Waals surface area contributed by atoms with E-state index in [2.05, 4.69) is 17.1 Å². The SMILES string of the molecule is COCCNC(=O)c1ccc(OC)cc1OC1CCN(C(C)COC)CC1. The Morgan fingerprint density at radius 3 is 2.59 bits per heavy atom. The molecule has 1 heterocycles. The molecule has 1 amide bonds. The zero-order chi connectivity index (χ0) is 19.6. The second-order valence-corrected chi connectivity index (χ2v) is 6.77. The van der Waals surface area contributed by atoms with Crippen molar-refractivity contribution in [3.63, 3.8) is 0 Å². The van der Waals surface area contributed by atoms with Crippen molar-refractivity contribution >= 4 is 5.91 Å². The van der Waals surface area contributed by atoms with Crippen LogP contribution in [0, 0.1) is 0 Å². The zero-order valence-electron chi connectivity index (χ0n) is 16.8. The van der Waals surface area contributed by atoms with E-state index < -0.39 is 0 Å². The number of hydrogen-bond donors (Lipinski definition) is 1. The number of ether oxygens (including phenoxy) is 4. The van der Waals surface area contributed by atoms with E-state index in [9.17, 15) is 4.79 Å². The van der Waals surface area contributed by atoms with Gasteiger partial charge in [-0.25, -0.2) is 0 Å². The quantitative estimate of drug-likeness (QED) is 0.626. The minimum Gasteiger partial charge on any atom is -0.497 e. The molecule has 7 nitrogen and oxygen atoms in total. The van der Waals surface area contributed by atoms with Crippen LogP contribution in [0.3, 0.4) is 0 Å². The smallest absolute Gasteiger partial charge is 0.255 e. The molecule has 0 aromatic heterocycles. The van der Waals surface area contributed by atoms with E-state index in [0.717, 1.165) is 32.5 Å². The molecule has 1 aromatic carbocycles. The van der Waals surface area contributed by atoms with E-state index in [4.69, 9.17) is 18.9 Å². The van der Waals surface area contributed by atoms with Crippen LogP contribution in [0.4, 0.5) is 0 Å². The number of piperidine rings is 1. The summed E-state index contributed by atoms with van der Waals surface area (Å²) in [7, 11) is 4.94. The highest BCUT2D eigenvalue weighted by Crippen LogP contribution is 2.28. The molecular weight excluding hydrogens is 348 g/mol. The number of carbonyl (C=O) groups excluding carboxylic acids is 1. The van der Waals surface area contributed by atoms with Crippen LogP contribution in [0.15, 0.2) is 18.2 Å². The molecule has 27 heavy (non-hydrogen) atoms. The van der Waals surface area contributed by atoms with Crippen molar-refractivity contribution in [3.8, 4) is 11.5 Å². The normalized spacial score (nSPS) is 16.7. The Morgan fingerprint density at radius 1 is 1.22 bits per heavy atom. The van der Waals surface area contributed by atoms with Crippen molar-refractivity contribution in [3.05, 3.63) is 23.8 Å². The average Bonchev–Trinajstić information content (AvgIpc) is 2.68. The first-order chi connectivity index (χ1) is 13.1. The van der Waals surface area contributed by atoms with E-state index in [0.29, 0.717) is 36.3 Å². The molecule has 0 radical (unpaired) electrons. The van der Waals surface area contributed by atoms with Crippen molar-refractivity contribution in [1.82, 2.24) is 10.2 Å². The minimum absolute atomic E-state index is 0.0774. The van der Waals surface area contributed by atoms with Crippen LogP contribution >= 0.6 is 0 Å². The van der Waals surface area contributed by atoms with Gasteiger partial charge >= 0.3 is 0 Å². The summed E-state index contributed by atoms with van der Waals surface area (Å²) in [6.07, 6.45) is 1.90. The van der Waals surface area contributed by atoms with Gasteiger partial charge in [0.15, 0.2) is 0 Å². The summed E-state index contributed by atoms with van der Waals surface area (Å²) < 4.78 is 21.7. The maximum absolute atomic E-state index is 12.5. The predicted molar refractivity (Wildman–Crippen MR) is 104 cm³/mol. The molecule has 1 aliphatic rings. The van der Waals surface area contributed by atoms with Gasteiger partial charge in [0.2, 0.25) is 0 Å². The first-order valence-electron chi connectivity index (χ1n) is 9.43. The van der Waals surface area contributed by atoms with Gasteiger partial charge in [-0.1, -0.05) is 0 Å². The largest absolute Gasteiger partial charge is 0.497 e. The third kappa shape index (κ3) is 6.37. The Morgan fingerprint density at radius 2 is 1.96 bits per heavy atom. The molecule has 0 bridgehead atoms. The van der Waals surface area contributed by atoms with Crippen molar-refractivity contribution in [2.45, 2.75) is 31.9 Å². The van der Waals surface area contributed by atoms with Gasteiger partial charge in [0.05, 0.1) is 25.9 Å². The highest BCUT2D eigenvalue weighted by molar-refractivity contribution is 5.97. The number of nitrogens with zero attached hydrogens (tertiary/aromatic N) is 1. The van der Waals surface area contributed by atoms with Gasteiger partial charge < -0.3 is 24.3 Å². The van der Waals surface area contributed by atoms with Crippen LogP contribution in [0.2, 0.25) is 0 Å². The fraction of sp³-hybridized carbons (Fsp3) is 0.650. The monoisotopic (exact) mass is 380 g/mol. The molecule has 1 unspecified atom stereocenters. The maximum Gasteiger partial charge on any atom is 0.255 e. The Hall–Kier alpha value is -1.83. The van der Waals surface area contributed by atoms with E-state index in [1.54, 1.807) is 39.5 Å². The van der Waals surface area contributed by atoms with Crippen LogP contribution in [0.25, 0.3) is 0 Å². The van der Waals surface area contributed by atoms with Gasteiger partial charge in [-0.3, -0.25) is 9.69 Å². The Balaban J connectivity index is 2.01. The molecule has 1 aliphatic heterocycles. The third-order valence-electron chi connectivity index (χ3n) is 4.83. The van der Waals surface area contributed by atoms with Gasteiger partial charge in [0.1, 0.15) is 17.6 Å². The first kappa shape index (κ1) is 21.5. The molecule has 1 aromatic rings. The number of likely N-dealkylation sites (tertiary alicyclic amines) is 1. The van der Waals surface area contributed by atoms with E-state index >= 15 is 0 Å². The summed E-state index contributed by atoms with van der Waals surface area (Å²) in [4.78, 5) is 14.9. The molecule has 0 saturated carbocycles. The topological polar surface area (TPSA) is 69.3 Å². The van der Waals surface area contributed by atoms with E-state index in [1.807, 2.05) is 0 Å². The van der Waals surface area contributed by atoms with E-state index in [-0.39, 0.29) is 12.0 Å². The highest BCUT2D eigenvalue weighted by atomic mass is 16.5. The molecule has 7 heteroatoms. The fourth-order valence-electron chi connectivity index (χ4n) is 3.24. The second-order valence-electron chi connectivity index (χ2n) is 6.77. The van der Waals surface area contributed by atoms with Gasteiger partial charge in [-0.2, -0.15) is 0 Å². The molecule has 1 saturated heterocycles. The summed E-state index contributed by atoms with van der Waals surface area (Å²) in [5.41, 5.74) is 0.516. The number of methoxy groups -OCH3 is 3. The van der Waals surface area contributed by atoms with Crippen LogP contribution in [0.5, 0.6) is 11.5 Å². The van der Waals surface area contributed by atoms with Crippen molar-refractivity contribution in [2.75, 3.05) is 54.2 Å². The zero-order valence-corrected chi connectivity index (χ0v) is 16.8. The lowest BCUT2D eigenvalue weighted by molar-refractivity contribution is 0.0470. The molecule has 1 N–H and O–H groups in total. The molecule has 0 aliphatic carbocycles. The standard InChI is InChI=1S/C20H32N2O5/c1-15(14-25-3)22-10-7-16(8-11-22)27-19-13-17(26-4)5-6-18(19)20(23)21-9-12-24-2/h5-6,13,15-16H,7-12,14H2,1-4H3,(H,21,23). The third-order valence-corrected chi connectivity index (χ3v) is 4.83. The number of nitrogens with one attached hydrogen (secondary N) is 1. The van der Waals surface area contributed by atoms with Crippen molar-refractivity contribution < 1.29 is 23.7 Å². The molecular formula is C20H32N2O5. The van der Waals surface area contributed by atoms with Gasteiger partial charge in [0.25, 0.3) is 5.91 Å². The van der Waals surface area contributed by atoms with Crippen LogP contribution in [0.1, 0.15) is 30.1 Å². The summed E-state index contributed by atoms with van der Waals surface area (Å²) in [5, 5.41) is 2.84. The molecule has 152 valence electrons. The average molecular weight is 380 g/mol. The maximum atomic E-state index is 12.5. The number of carbonyl (C=O) groups is 1. The molecule has 0 spiro atoms. The summed E-state index contributed by atoms with van der Waals surface area (Å²) in [6, 6.07) is 5.69. The van der Waals surface area contributed by atoms with Gasteiger partial charge in [-0.15, -0.1) is 0 Å². The number of benzene rings is 1. The summed E-state index contributed by atoms with van der Waals surface area (Å²) in [6.45, 7) is 5.73. The summed E-state index contributed by atoms with van der Waals surface area (Å²) >= 11 is 0.